The number of fused-ring (bicyclic) bond motifs is 1. The molecular formula is C14H16N2O5. The maximum atomic E-state index is 12.6. The second kappa shape index (κ2) is 5.25. The Labute approximate surface area is 121 Å². The predicted octanol–water partition coefficient (Wildman–Crippen LogP) is 0.151. The first kappa shape index (κ1) is 13.7. The van der Waals surface area contributed by atoms with Crippen LogP contribution >= 0.6 is 0 Å². The zero-order valence-electron chi connectivity index (χ0n) is 11.3. The van der Waals surface area contributed by atoms with Gasteiger partial charge in [0.1, 0.15) is 12.6 Å². The monoisotopic (exact) mass is 292 g/mol. The molecule has 0 saturated carbocycles. The van der Waals surface area contributed by atoms with Crippen molar-refractivity contribution in [2.75, 3.05) is 25.0 Å². The number of carboxylic acids is 1. The average Bonchev–Trinajstić information content (AvgIpc) is 2.88. The first-order chi connectivity index (χ1) is 10.1. The van der Waals surface area contributed by atoms with E-state index < -0.39 is 24.0 Å². The fourth-order valence-electron chi connectivity index (χ4n) is 2.77. The molecule has 1 fully saturated rings. The van der Waals surface area contributed by atoms with Gasteiger partial charge in [0.2, 0.25) is 0 Å². The lowest BCUT2D eigenvalue weighted by Gasteiger charge is -2.25. The minimum absolute atomic E-state index is 0.0207. The van der Waals surface area contributed by atoms with Gasteiger partial charge in [-0.1, -0.05) is 6.07 Å². The molecule has 7 nitrogen and oxygen atoms in total. The Bertz CT molecular complexity index is 589. The minimum Gasteiger partial charge on any atom is -0.489 e. The minimum atomic E-state index is -1.11. The van der Waals surface area contributed by atoms with Gasteiger partial charge in [0.25, 0.3) is 5.91 Å². The van der Waals surface area contributed by atoms with E-state index in [0.717, 1.165) is 5.69 Å². The molecule has 1 aromatic rings. The number of nitrogens with zero attached hydrogens (tertiary/aromatic N) is 1. The number of carbonyl (C=O) groups excluding carboxylic acids is 1. The summed E-state index contributed by atoms with van der Waals surface area (Å²) < 4.78 is 5.54. The molecule has 3 N–H and O–H groups in total. The van der Waals surface area contributed by atoms with Crippen molar-refractivity contribution in [3.63, 3.8) is 0 Å². The van der Waals surface area contributed by atoms with E-state index in [1.165, 1.54) is 4.90 Å². The molecule has 0 aliphatic carbocycles. The molecular weight excluding hydrogens is 276 g/mol. The molecule has 1 saturated heterocycles. The molecule has 0 radical (unpaired) electrons. The van der Waals surface area contributed by atoms with Crippen LogP contribution in [0.2, 0.25) is 0 Å². The molecule has 0 spiro atoms. The number of hydrogen-bond donors (Lipinski definition) is 3. The Hall–Kier alpha value is -2.28. The van der Waals surface area contributed by atoms with Crippen LogP contribution in [0.4, 0.5) is 5.69 Å². The molecule has 2 atom stereocenters. The highest BCUT2D eigenvalue weighted by Gasteiger charge is 2.40. The number of carbonyl (C=O) groups is 2. The molecule has 21 heavy (non-hydrogen) atoms. The second-order valence-electron chi connectivity index (χ2n) is 5.16. The van der Waals surface area contributed by atoms with Crippen molar-refractivity contribution in [2.45, 2.75) is 18.6 Å². The molecule has 112 valence electrons. The largest absolute Gasteiger partial charge is 0.489 e. The number of hydrogen-bond acceptors (Lipinski definition) is 5. The number of aliphatic hydroxyl groups is 1. The average molecular weight is 292 g/mol. The molecule has 2 heterocycles. The fraction of sp³-hybridized carbons (Fsp3) is 0.429. The summed E-state index contributed by atoms with van der Waals surface area (Å²) >= 11 is 0. The van der Waals surface area contributed by atoms with Crippen molar-refractivity contribution in [3.05, 3.63) is 23.8 Å². The second-order valence-corrected chi connectivity index (χ2v) is 5.16. The number of amides is 1. The molecule has 1 aromatic carbocycles. The van der Waals surface area contributed by atoms with Crippen LogP contribution in [0, 0.1) is 0 Å². The Morgan fingerprint density at radius 2 is 2.19 bits per heavy atom. The van der Waals surface area contributed by atoms with E-state index in [2.05, 4.69) is 5.32 Å². The topological polar surface area (TPSA) is 99.1 Å². The van der Waals surface area contributed by atoms with Crippen molar-refractivity contribution in [2.24, 2.45) is 0 Å². The van der Waals surface area contributed by atoms with Gasteiger partial charge in [-0.15, -0.1) is 0 Å². The van der Waals surface area contributed by atoms with Crippen molar-refractivity contribution in [3.8, 4) is 5.75 Å². The van der Waals surface area contributed by atoms with Gasteiger partial charge in [-0.05, 0) is 12.1 Å². The molecule has 0 aromatic heterocycles. The van der Waals surface area contributed by atoms with Gasteiger partial charge in [-0.3, -0.25) is 4.79 Å². The third kappa shape index (κ3) is 2.40. The van der Waals surface area contributed by atoms with Gasteiger partial charge in [-0.2, -0.15) is 0 Å². The number of ether oxygens (including phenoxy) is 1. The Morgan fingerprint density at radius 3 is 2.95 bits per heavy atom. The highest BCUT2D eigenvalue weighted by Crippen LogP contribution is 2.33. The summed E-state index contributed by atoms with van der Waals surface area (Å²) in [6, 6.07) is 4.13. The maximum Gasteiger partial charge on any atom is 0.326 e. The Balaban J connectivity index is 1.93. The summed E-state index contributed by atoms with van der Waals surface area (Å²) in [5, 5.41) is 22.0. The van der Waals surface area contributed by atoms with Crippen LogP contribution in [0.3, 0.4) is 0 Å². The first-order valence-electron chi connectivity index (χ1n) is 6.79. The third-order valence-electron chi connectivity index (χ3n) is 3.73. The van der Waals surface area contributed by atoms with Crippen molar-refractivity contribution < 1.29 is 24.5 Å². The lowest BCUT2D eigenvalue weighted by atomic mass is 10.1. The van der Waals surface area contributed by atoms with Crippen molar-refractivity contribution in [1.82, 2.24) is 4.90 Å². The lowest BCUT2D eigenvalue weighted by Crippen LogP contribution is -2.41. The van der Waals surface area contributed by atoms with E-state index in [9.17, 15) is 19.8 Å². The van der Waals surface area contributed by atoms with Gasteiger partial charge in [0, 0.05) is 19.5 Å². The highest BCUT2D eigenvalue weighted by atomic mass is 16.5. The van der Waals surface area contributed by atoms with Crippen LogP contribution in [-0.4, -0.2) is 58.8 Å². The highest BCUT2D eigenvalue weighted by molar-refractivity contribution is 6.01. The van der Waals surface area contributed by atoms with Gasteiger partial charge in [0.15, 0.2) is 5.75 Å². The van der Waals surface area contributed by atoms with E-state index in [4.69, 9.17) is 4.74 Å². The van der Waals surface area contributed by atoms with Crippen molar-refractivity contribution >= 4 is 17.6 Å². The Kier molecular flexibility index (Phi) is 3.42. The molecule has 0 bridgehead atoms. The maximum absolute atomic E-state index is 12.6. The summed E-state index contributed by atoms with van der Waals surface area (Å²) in [7, 11) is 0. The number of β-amino-alcohol motifs (C(OH)–C–C–N with tert-alkyl or cyclic N) is 1. The summed E-state index contributed by atoms with van der Waals surface area (Å²) in [5.41, 5.74) is 1.04. The van der Waals surface area contributed by atoms with Gasteiger partial charge in [0.05, 0.1) is 17.4 Å². The fourth-order valence-corrected chi connectivity index (χ4v) is 2.77. The molecule has 1 amide bonds. The number of anilines is 1. The number of nitrogens with one attached hydrogen (secondary N) is 1. The number of likely N-dealkylation sites (tertiary alicyclic amines) is 1. The predicted molar refractivity (Wildman–Crippen MR) is 73.5 cm³/mol. The first-order valence-corrected chi connectivity index (χ1v) is 6.79. The van der Waals surface area contributed by atoms with E-state index in [1.807, 2.05) is 0 Å². The lowest BCUT2D eigenvalue weighted by molar-refractivity contribution is -0.141. The van der Waals surface area contributed by atoms with Crippen LogP contribution in [0.15, 0.2) is 18.2 Å². The number of aliphatic carboxylic acids is 1. The Morgan fingerprint density at radius 1 is 1.38 bits per heavy atom. The third-order valence-corrected chi connectivity index (χ3v) is 3.73. The molecule has 2 unspecified atom stereocenters. The summed E-state index contributed by atoms with van der Waals surface area (Å²) in [5.74, 6) is -1.09. The molecule has 7 heteroatoms. The molecule has 3 rings (SSSR count). The number of benzene rings is 1. The zero-order chi connectivity index (χ0) is 15.0. The summed E-state index contributed by atoms with van der Waals surface area (Å²) in [4.78, 5) is 25.1. The van der Waals surface area contributed by atoms with E-state index in [-0.39, 0.29) is 13.0 Å². The summed E-state index contributed by atoms with van der Waals surface area (Å²) in [6.45, 7) is 1.12. The van der Waals surface area contributed by atoms with Crippen LogP contribution < -0.4 is 10.1 Å². The van der Waals surface area contributed by atoms with E-state index in [0.29, 0.717) is 24.5 Å². The van der Waals surface area contributed by atoms with Crippen LogP contribution in [0.1, 0.15) is 16.8 Å². The van der Waals surface area contributed by atoms with Gasteiger partial charge < -0.3 is 25.2 Å². The SMILES string of the molecule is O=C(O)C1CC(O)CN1C(=O)c1cccc2c1OCCN2. The normalized spacial score (nSPS) is 24.0. The number of para-hydroxylation sites is 1. The van der Waals surface area contributed by atoms with Crippen LogP contribution in [0.5, 0.6) is 5.75 Å². The van der Waals surface area contributed by atoms with E-state index >= 15 is 0 Å². The number of carboxylic acid groups (broad SMARTS) is 1. The number of aliphatic hydroxyl groups excluding tert-OH is 1. The van der Waals surface area contributed by atoms with Crippen LogP contribution in [0.25, 0.3) is 0 Å². The molecule has 2 aliphatic heterocycles. The van der Waals surface area contributed by atoms with Crippen molar-refractivity contribution in [1.29, 1.82) is 0 Å². The zero-order valence-corrected chi connectivity index (χ0v) is 11.3. The number of rotatable bonds is 2. The molecule has 2 aliphatic rings. The quantitative estimate of drug-likeness (QED) is 0.717. The van der Waals surface area contributed by atoms with Crippen LogP contribution in [-0.2, 0) is 4.79 Å². The standard InChI is InChI=1S/C14H16N2O5/c17-8-6-11(14(19)20)16(7-8)13(18)9-2-1-3-10-12(9)21-5-4-15-10/h1-3,8,11,15,17H,4-7H2,(H,19,20). The van der Waals surface area contributed by atoms with Gasteiger partial charge in [-0.25, -0.2) is 4.79 Å². The smallest absolute Gasteiger partial charge is 0.326 e. The summed E-state index contributed by atoms with van der Waals surface area (Å²) in [6.07, 6.45) is -0.761. The van der Waals surface area contributed by atoms with Gasteiger partial charge >= 0.3 is 5.97 Å². The van der Waals surface area contributed by atoms with E-state index in [1.54, 1.807) is 18.2 Å².